The Bertz CT molecular complexity index is 1020. The van der Waals surface area contributed by atoms with Crippen LogP contribution in [0.25, 0.3) is 0 Å². The third-order valence-electron chi connectivity index (χ3n) is 6.00. The first-order chi connectivity index (χ1) is 16.2. The highest BCUT2D eigenvalue weighted by Gasteiger charge is 2.32. The number of amides is 1. The number of nitrogen functional groups attached to an aromatic ring is 1. The predicted molar refractivity (Wildman–Crippen MR) is 134 cm³/mol. The first kappa shape index (κ1) is 26.2. The number of carbonyl (C=O) groups excluding carboxylic acids is 1. The maximum atomic E-state index is 13.4. The molecular formula is C25H36N4O4S. The monoisotopic (exact) mass is 488 g/mol. The van der Waals surface area contributed by atoms with Crippen LogP contribution in [0.2, 0.25) is 0 Å². The fraction of sp³-hybridized carbons (Fsp3) is 0.480. The van der Waals surface area contributed by atoms with E-state index < -0.39 is 22.2 Å². The molecular weight excluding hydrogens is 452 g/mol. The summed E-state index contributed by atoms with van der Waals surface area (Å²) in [6.07, 6.45) is 0.0388. The lowest BCUT2D eigenvalue weighted by atomic mass is 9.99. The van der Waals surface area contributed by atoms with Crippen LogP contribution in [0.5, 0.6) is 0 Å². The third-order valence-corrected chi connectivity index (χ3v) is 7.84. The van der Waals surface area contributed by atoms with Crippen LogP contribution in [0.4, 0.5) is 5.69 Å². The average molecular weight is 489 g/mol. The Hall–Kier alpha value is -2.46. The number of nitrogens with zero attached hydrogens (tertiary/aromatic N) is 1. The van der Waals surface area contributed by atoms with Gasteiger partial charge in [0, 0.05) is 25.3 Å². The molecule has 8 nitrogen and oxygen atoms in total. The molecule has 1 aliphatic heterocycles. The number of hydrogen-bond acceptors (Lipinski definition) is 6. The standard InChI is InChI=1S/C25H36N4O4S/c1-18(2)16-29(34(32,33)22-10-8-21(26)9-11-22)17-24(30)23(14-19-6-4-3-5-7-19)28-25(31)20-12-13-27-15-20/h3-11,18,20,23-24,27,30H,12-17,26H2,1-2H3,(H,28,31)/t20-,23-,24+/m0/s1. The van der Waals surface area contributed by atoms with E-state index in [1.165, 1.54) is 16.4 Å². The van der Waals surface area contributed by atoms with Crippen molar-refractivity contribution in [1.29, 1.82) is 0 Å². The van der Waals surface area contributed by atoms with Crippen LogP contribution in [-0.2, 0) is 21.2 Å². The number of nitrogens with two attached hydrogens (primary N) is 1. The van der Waals surface area contributed by atoms with Gasteiger partial charge in [-0.15, -0.1) is 0 Å². The van der Waals surface area contributed by atoms with Crippen LogP contribution >= 0.6 is 0 Å². The van der Waals surface area contributed by atoms with Crippen LogP contribution < -0.4 is 16.4 Å². The summed E-state index contributed by atoms with van der Waals surface area (Å²) < 4.78 is 28.1. The van der Waals surface area contributed by atoms with Gasteiger partial charge in [0.05, 0.1) is 23.0 Å². The molecule has 1 fully saturated rings. The second-order valence-electron chi connectivity index (χ2n) is 9.35. The number of nitrogens with one attached hydrogen (secondary N) is 2. The second kappa shape index (κ2) is 11.8. The van der Waals surface area contributed by atoms with E-state index >= 15 is 0 Å². The van der Waals surface area contributed by atoms with Crippen molar-refractivity contribution < 1.29 is 18.3 Å². The Kier molecular flexibility index (Phi) is 9.07. The number of benzene rings is 2. The molecule has 3 atom stereocenters. The van der Waals surface area contributed by atoms with E-state index in [0.29, 0.717) is 18.7 Å². The molecule has 3 rings (SSSR count). The molecule has 34 heavy (non-hydrogen) atoms. The molecule has 2 aromatic rings. The minimum Gasteiger partial charge on any atom is -0.399 e. The molecule has 0 radical (unpaired) electrons. The van der Waals surface area contributed by atoms with E-state index in [4.69, 9.17) is 5.73 Å². The van der Waals surface area contributed by atoms with E-state index in [9.17, 15) is 18.3 Å². The Morgan fingerprint density at radius 1 is 1.15 bits per heavy atom. The molecule has 0 spiro atoms. The van der Waals surface area contributed by atoms with Gasteiger partial charge in [0.15, 0.2) is 0 Å². The van der Waals surface area contributed by atoms with Crippen molar-refractivity contribution in [3.63, 3.8) is 0 Å². The molecule has 1 heterocycles. The zero-order valence-electron chi connectivity index (χ0n) is 19.9. The van der Waals surface area contributed by atoms with Gasteiger partial charge in [-0.3, -0.25) is 4.79 Å². The molecule has 2 aromatic carbocycles. The molecule has 0 unspecified atom stereocenters. The second-order valence-corrected chi connectivity index (χ2v) is 11.3. The zero-order valence-corrected chi connectivity index (χ0v) is 20.7. The van der Waals surface area contributed by atoms with Crippen molar-refractivity contribution in [1.82, 2.24) is 14.9 Å². The molecule has 1 amide bonds. The maximum absolute atomic E-state index is 13.4. The Morgan fingerprint density at radius 3 is 2.41 bits per heavy atom. The highest BCUT2D eigenvalue weighted by Crippen LogP contribution is 2.20. The van der Waals surface area contributed by atoms with Crippen molar-refractivity contribution in [3.8, 4) is 0 Å². The van der Waals surface area contributed by atoms with E-state index in [-0.39, 0.29) is 35.7 Å². The van der Waals surface area contributed by atoms with Gasteiger partial charge in [-0.1, -0.05) is 44.2 Å². The van der Waals surface area contributed by atoms with E-state index in [1.807, 2.05) is 44.2 Å². The summed E-state index contributed by atoms with van der Waals surface area (Å²) in [6, 6.07) is 15.0. The van der Waals surface area contributed by atoms with Gasteiger partial charge in [0.25, 0.3) is 0 Å². The number of anilines is 1. The first-order valence-electron chi connectivity index (χ1n) is 11.8. The third kappa shape index (κ3) is 7.02. The maximum Gasteiger partial charge on any atom is 0.243 e. The molecule has 0 aliphatic carbocycles. The normalized spacial score (nSPS) is 18.2. The van der Waals surface area contributed by atoms with Gasteiger partial charge in [0.1, 0.15) is 0 Å². The quantitative estimate of drug-likeness (QED) is 0.356. The molecule has 0 aromatic heterocycles. The summed E-state index contributed by atoms with van der Waals surface area (Å²) in [5, 5.41) is 17.4. The van der Waals surface area contributed by atoms with Crippen molar-refractivity contribution in [2.24, 2.45) is 11.8 Å². The fourth-order valence-electron chi connectivity index (χ4n) is 4.13. The predicted octanol–water partition coefficient (Wildman–Crippen LogP) is 1.61. The molecule has 0 saturated carbocycles. The minimum absolute atomic E-state index is 0.0440. The lowest BCUT2D eigenvalue weighted by molar-refractivity contribution is -0.126. The summed E-state index contributed by atoms with van der Waals surface area (Å²) >= 11 is 0. The highest BCUT2D eigenvalue weighted by molar-refractivity contribution is 7.89. The van der Waals surface area contributed by atoms with E-state index in [0.717, 1.165) is 18.5 Å². The number of aliphatic hydroxyl groups is 1. The first-order valence-corrected chi connectivity index (χ1v) is 13.2. The van der Waals surface area contributed by atoms with Gasteiger partial charge in [0.2, 0.25) is 15.9 Å². The Morgan fingerprint density at radius 2 is 1.82 bits per heavy atom. The van der Waals surface area contributed by atoms with Crippen molar-refractivity contribution in [2.45, 2.75) is 43.7 Å². The highest BCUT2D eigenvalue weighted by atomic mass is 32.2. The van der Waals surface area contributed by atoms with Gasteiger partial charge in [-0.25, -0.2) is 8.42 Å². The van der Waals surface area contributed by atoms with Crippen LogP contribution in [0.15, 0.2) is 59.5 Å². The fourth-order valence-corrected chi connectivity index (χ4v) is 5.75. The number of rotatable bonds is 11. The number of carbonyl (C=O) groups is 1. The van der Waals surface area contributed by atoms with Gasteiger partial charge in [-0.2, -0.15) is 4.31 Å². The zero-order chi connectivity index (χ0) is 24.7. The van der Waals surface area contributed by atoms with Gasteiger partial charge < -0.3 is 21.5 Å². The van der Waals surface area contributed by atoms with Crippen molar-refractivity contribution in [2.75, 3.05) is 31.9 Å². The SMILES string of the molecule is CC(C)CN(C[C@@H](O)[C@H](Cc1ccccc1)NC(=O)[C@H]1CCNC1)S(=O)(=O)c1ccc(N)cc1. The summed E-state index contributed by atoms with van der Waals surface area (Å²) in [5.41, 5.74) is 7.15. The largest absolute Gasteiger partial charge is 0.399 e. The van der Waals surface area contributed by atoms with E-state index in [2.05, 4.69) is 10.6 Å². The lowest BCUT2D eigenvalue weighted by Crippen LogP contribution is -2.52. The minimum atomic E-state index is -3.86. The van der Waals surface area contributed by atoms with E-state index in [1.54, 1.807) is 12.1 Å². The topological polar surface area (TPSA) is 125 Å². The lowest BCUT2D eigenvalue weighted by Gasteiger charge is -2.31. The number of aliphatic hydroxyl groups excluding tert-OH is 1. The summed E-state index contributed by atoms with van der Waals surface area (Å²) in [7, 11) is -3.86. The molecule has 9 heteroatoms. The molecule has 1 aliphatic rings. The van der Waals surface area contributed by atoms with Gasteiger partial charge in [-0.05, 0) is 55.1 Å². The Labute approximate surface area is 202 Å². The summed E-state index contributed by atoms with van der Waals surface area (Å²) in [5.74, 6) is -0.236. The van der Waals surface area contributed by atoms with Crippen LogP contribution in [0.3, 0.4) is 0 Å². The summed E-state index contributed by atoms with van der Waals surface area (Å²) in [6.45, 7) is 5.34. The van der Waals surface area contributed by atoms with Gasteiger partial charge >= 0.3 is 0 Å². The molecule has 186 valence electrons. The number of hydrogen-bond donors (Lipinski definition) is 4. The number of sulfonamides is 1. The van der Waals surface area contributed by atoms with Crippen LogP contribution in [0, 0.1) is 11.8 Å². The molecule has 5 N–H and O–H groups in total. The average Bonchev–Trinajstić information content (AvgIpc) is 3.34. The smallest absolute Gasteiger partial charge is 0.243 e. The van der Waals surface area contributed by atoms with Crippen molar-refractivity contribution >= 4 is 21.6 Å². The molecule has 1 saturated heterocycles. The van der Waals surface area contributed by atoms with Crippen molar-refractivity contribution in [3.05, 3.63) is 60.2 Å². The Balaban J connectivity index is 1.83. The summed E-state index contributed by atoms with van der Waals surface area (Å²) in [4.78, 5) is 13.0. The molecule has 0 bridgehead atoms. The van der Waals surface area contributed by atoms with Crippen LogP contribution in [0.1, 0.15) is 25.8 Å². The van der Waals surface area contributed by atoms with Crippen LogP contribution in [-0.4, -0.2) is 62.1 Å².